The van der Waals surface area contributed by atoms with Crippen molar-refractivity contribution in [2.45, 2.75) is 12.8 Å². The zero-order chi connectivity index (χ0) is 21.3. The van der Waals surface area contributed by atoms with Gasteiger partial charge >= 0.3 is 11.9 Å². The number of carboxylic acid groups (broad SMARTS) is 2. The third-order valence-corrected chi connectivity index (χ3v) is 4.56. The predicted molar refractivity (Wildman–Crippen MR) is 108 cm³/mol. The zero-order valence-electron chi connectivity index (χ0n) is 15.2. The highest BCUT2D eigenvalue weighted by Crippen LogP contribution is 2.38. The number of rotatable bonds is 7. The third kappa shape index (κ3) is 3.65. The number of benzene rings is 2. The van der Waals surface area contributed by atoms with Crippen LogP contribution in [0.25, 0.3) is 22.0 Å². The maximum absolute atomic E-state index is 11.5. The van der Waals surface area contributed by atoms with E-state index < -0.39 is 24.8 Å². The first-order chi connectivity index (χ1) is 13.7. The molecule has 0 fully saturated rings. The van der Waals surface area contributed by atoms with Gasteiger partial charge in [-0.25, -0.2) is 0 Å². The summed E-state index contributed by atoms with van der Waals surface area (Å²) in [5, 5.41) is 35.1. The van der Waals surface area contributed by atoms with E-state index in [0.29, 0.717) is 27.6 Å². The molecule has 3 rings (SSSR count). The van der Waals surface area contributed by atoms with E-state index in [1.165, 1.54) is 6.07 Å². The van der Waals surface area contributed by atoms with Crippen molar-refractivity contribution >= 4 is 34.5 Å². The fraction of sp³-hybridized carbons (Fsp3) is 0.100. The van der Waals surface area contributed by atoms with Gasteiger partial charge in [0, 0.05) is 33.3 Å². The average molecular weight is 393 g/mol. The molecule has 29 heavy (non-hydrogen) atoms. The van der Waals surface area contributed by atoms with E-state index in [-0.39, 0.29) is 28.5 Å². The number of H-pyrrole nitrogens is 1. The van der Waals surface area contributed by atoms with Gasteiger partial charge in [-0.05, 0) is 17.2 Å². The van der Waals surface area contributed by atoms with E-state index in [0.717, 1.165) is 0 Å². The standard InChI is InChI=1S/C20H19N5O4/c21-19(22)11-6-13-17(10(7-14(26)27)12(25-13)8-15(28)29)16(18(11)20(23)24)9-4-2-1-3-5-9/h1-6,25H,7-8H2,(H3,21,22)(H3,23,24)(H,26,27)(H,28,29). The van der Waals surface area contributed by atoms with Crippen LogP contribution in [-0.4, -0.2) is 38.8 Å². The normalized spacial score (nSPS) is 10.8. The highest BCUT2D eigenvalue weighted by Gasteiger charge is 2.25. The summed E-state index contributed by atoms with van der Waals surface area (Å²) in [5.41, 5.74) is 14.0. The van der Waals surface area contributed by atoms with Crippen LogP contribution < -0.4 is 11.5 Å². The second-order valence-electron chi connectivity index (χ2n) is 6.51. The Morgan fingerprint density at radius 3 is 2.10 bits per heavy atom. The minimum absolute atomic E-state index is 0.198. The van der Waals surface area contributed by atoms with E-state index in [1.54, 1.807) is 30.3 Å². The van der Waals surface area contributed by atoms with E-state index in [2.05, 4.69) is 4.98 Å². The molecule has 0 aliphatic heterocycles. The van der Waals surface area contributed by atoms with Crippen LogP contribution in [0.3, 0.4) is 0 Å². The van der Waals surface area contributed by atoms with Gasteiger partial charge in [-0.1, -0.05) is 30.3 Å². The van der Waals surface area contributed by atoms with Gasteiger partial charge in [0.1, 0.15) is 11.7 Å². The van der Waals surface area contributed by atoms with Crippen LogP contribution in [0.5, 0.6) is 0 Å². The molecule has 1 aromatic heterocycles. The lowest BCUT2D eigenvalue weighted by molar-refractivity contribution is -0.137. The number of amidine groups is 2. The molecule has 0 unspecified atom stereocenters. The number of aromatic nitrogens is 1. The quantitative estimate of drug-likeness (QED) is 0.236. The minimum Gasteiger partial charge on any atom is -0.481 e. The first-order valence-corrected chi connectivity index (χ1v) is 8.59. The molecule has 0 atom stereocenters. The fourth-order valence-electron chi connectivity index (χ4n) is 3.52. The molecule has 3 aromatic rings. The summed E-state index contributed by atoms with van der Waals surface area (Å²) in [6.45, 7) is 0. The van der Waals surface area contributed by atoms with Crippen LogP contribution in [0.2, 0.25) is 0 Å². The minimum atomic E-state index is -1.13. The number of nitrogen functional groups attached to an aromatic ring is 2. The van der Waals surface area contributed by atoms with Gasteiger partial charge in [0.25, 0.3) is 0 Å². The number of aromatic amines is 1. The van der Waals surface area contributed by atoms with Crippen LogP contribution in [0.4, 0.5) is 0 Å². The molecule has 9 N–H and O–H groups in total. The number of hydrogen-bond donors (Lipinski definition) is 7. The summed E-state index contributed by atoms with van der Waals surface area (Å²) in [4.78, 5) is 25.8. The number of nitrogens with one attached hydrogen (secondary N) is 3. The molecular weight excluding hydrogens is 374 g/mol. The molecule has 1 heterocycles. The Balaban J connectivity index is 2.55. The van der Waals surface area contributed by atoms with Crippen molar-refractivity contribution in [2.24, 2.45) is 11.5 Å². The summed E-state index contributed by atoms with van der Waals surface area (Å²) in [5.74, 6) is -2.90. The van der Waals surface area contributed by atoms with Crippen molar-refractivity contribution < 1.29 is 19.8 Å². The Bertz CT molecular complexity index is 1160. The molecule has 9 nitrogen and oxygen atoms in total. The number of nitrogens with two attached hydrogens (primary N) is 2. The van der Waals surface area contributed by atoms with Crippen LogP contribution >= 0.6 is 0 Å². The van der Waals surface area contributed by atoms with Gasteiger partial charge in [0.2, 0.25) is 0 Å². The number of aliphatic carboxylic acids is 2. The van der Waals surface area contributed by atoms with E-state index in [9.17, 15) is 19.8 Å². The molecule has 0 aliphatic carbocycles. The van der Waals surface area contributed by atoms with Gasteiger partial charge in [-0.3, -0.25) is 20.4 Å². The highest BCUT2D eigenvalue weighted by molar-refractivity contribution is 6.18. The van der Waals surface area contributed by atoms with Crippen molar-refractivity contribution in [3.05, 3.63) is 58.8 Å². The van der Waals surface area contributed by atoms with Crippen LogP contribution in [0.1, 0.15) is 22.4 Å². The number of hydrogen-bond acceptors (Lipinski definition) is 4. The molecule has 2 aromatic carbocycles. The smallest absolute Gasteiger partial charge is 0.309 e. The second kappa shape index (κ2) is 7.47. The molecule has 0 aliphatic rings. The number of carbonyl (C=O) groups is 2. The maximum atomic E-state index is 11.5. The van der Waals surface area contributed by atoms with E-state index in [4.69, 9.17) is 22.3 Å². The predicted octanol–water partition coefficient (Wildman–Crippen LogP) is 1.66. The maximum Gasteiger partial charge on any atom is 0.309 e. The van der Waals surface area contributed by atoms with Gasteiger partial charge in [0.05, 0.1) is 12.8 Å². The fourth-order valence-corrected chi connectivity index (χ4v) is 3.52. The van der Waals surface area contributed by atoms with Crippen molar-refractivity contribution in [3.8, 4) is 11.1 Å². The van der Waals surface area contributed by atoms with Crippen molar-refractivity contribution in [1.82, 2.24) is 4.98 Å². The van der Waals surface area contributed by atoms with Crippen molar-refractivity contribution in [2.75, 3.05) is 0 Å². The van der Waals surface area contributed by atoms with Crippen molar-refractivity contribution in [1.29, 1.82) is 10.8 Å². The Labute approximate surface area is 165 Å². The summed E-state index contributed by atoms with van der Waals surface area (Å²) in [7, 11) is 0. The SMILES string of the molecule is N=C(N)c1cc2[nH]c(CC(=O)O)c(CC(=O)O)c2c(-c2ccccc2)c1C(=N)N. The third-order valence-electron chi connectivity index (χ3n) is 4.56. The lowest BCUT2D eigenvalue weighted by Crippen LogP contribution is -2.22. The largest absolute Gasteiger partial charge is 0.481 e. The number of fused-ring (bicyclic) bond motifs is 1. The van der Waals surface area contributed by atoms with Gasteiger partial charge < -0.3 is 26.7 Å². The zero-order valence-corrected chi connectivity index (χ0v) is 15.2. The Morgan fingerprint density at radius 1 is 0.966 bits per heavy atom. The van der Waals surface area contributed by atoms with Crippen LogP contribution in [0.15, 0.2) is 36.4 Å². The van der Waals surface area contributed by atoms with Crippen LogP contribution in [-0.2, 0) is 22.4 Å². The van der Waals surface area contributed by atoms with Gasteiger partial charge in [-0.2, -0.15) is 0 Å². The number of carboxylic acids is 2. The second-order valence-corrected chi connectivity index (χ2v) is 6.51. The molecule has 0 bridgehead atoms. The molecule has 0 spiro atoms. The Hall–Kier alpha value is -4.14. The lowest BCUT2D eigenvalue weighted by Gasteiger charge is -2.16. The summed E-state index contributed by atoms with van der Waals surface area (Å²) >= 11 is 0. The van der Waals surface area contributed by atoms with Gasteiger partial charge in [-0.15, -0.1) is 0 Å². The molecule has 9 heteroatoms. The average Bonchev–Trinajstić information content (AvgIpc) is 2.96. The monoisotopic (exact) mass is 393 g/mol. The van der Waals surface area contributed by atoms with Gasteiger partial charge in [0.15, 0.2) is 0 Å². The van der Waals surface area contributed by atoms with Crippen LogP contribution in [0, 0.1) is 10.8 Å². The van der Waals surface area contributed by atoms with E-state index in [1.807, 2.05) is 0 Å². The summed E-state index contributed by atoms with van der Waals surface area (Å²) < 4.78 is 0. The summed E-state index contributed by atoms with van der Waals surface area (Å²) in [6.07, 6.45) is -0.824. The highest BCUT2D eigenvalue weighted by atomic mass is 16.4. The van der Waals surface area contributed by atoms with Crippen molar-refractivity contribution in [3.63, 3.8) is 0 Å². The first-order valence-electron chi connectivity index (χ1n) is 8.59. The molecule has 148 valence electrons. The Kier molecular flexibility index (Phi) is 5.05. The first kappa shape index (κ1) is 19.6. The lowest BCUT2D eigenvalue weighted by atomic mass is 9.88. The molecule has 0 saturated carbocycles. The molecular formula is C20H19N5O4. The topological polar surface area (TPSA) is 190 Å². The van der Waals surface area contributed by atoms with E-state index >= 15 is 0 Å². The Morgan fingerprint density at radius 2 is 1.59 bits per heavy atom. The molecule has 0 amide bonds. The molecule has 0 radical (unpaired) electrons. The summed E-state index contributed by atoms with van der Waals surface area (Å²) in [6, 6.07) is 10.4. The molecule has 0 saturated heterocycles.